The molecular weight excluding hydrogens is 665 g/mol. The summed E-state index contributed by atoms with van der Waals surface area (Å²) in [6.45, 7) is 4.55. The molecule has 9 aromatic rings. The zero-order valence-corrected chi connectivity index (χ0v) is 29.6. The highest BCUT2D eigenvalue weighted by Gasteiger charge is 2.39. The molecule has 0 unspecified atom stereocenters. The van der Waals surface area contributed by atoms with E-state index in [0.717, 1.165) is 78.2 Å². The summed E-state index contributed by atoms with van der Waals surface area (Å²) in [4.78, 5) is 10.2. The Morgan fingerprint density at radius 1 is 0.444 bits per heavy atom. The van der Waals surface area contributed by atoms with Crippen LogP contribution in [0.5, 0.6) is 23.0 Å². The SMILES string of the molecule is CC1(C)c2ccccc2-c2c1ccc1c2Oc2cc(-c3ccc(-c4cc(-c5ccccc5)nc(-c5ccc6c(c5)oc5ccccc56)n4)cc3)ccc2O1. The average molecular weight is 697 g/mol. The van der Waals surface area contributed by atoms with Gasteiger partial charge in [0.05, 0.1) is 11.4 Å². The van der Waals surface area contributed by atoms with E-state index >= 15 is 0 Å². The number of ether oxygens (including phenoxy) is 2. The second kappa shape index (κ2) is 11.5. The Balaban J connectivity index is 0.949. The first kappa shape index (κ1) is 30.6. The summed E-state index contributed by atoms with van der Waals surface area (Å²) >= 11 is 0. The van der Waals surface area contributed by atoms with E-state index < -0.39 is 0 Å². The summed E-state index contributed by atoms with van der Waals surface area (Å²) in [7, 11) is 0. The second-order valence-electron chi connectivity index (χ2n) is 14.6. The van der Waals surface area contributed by atoms with Crippen LogP contribution < -0.4 is 9.47 Å². The maximum atomic E-state index is 6.73. The van der Waals surface area contributed by atoms with Gasteiger partial charge in [0.15, 0.2) is 28.8 Å². The highest BCUT2D eigenvalue weighted by Crippen LogP contribution is 2.58. The summed E-state index contributed by atoms with van der Waals surface area (Å²) in [6, 6.07) is 54.1. The topological polar surface area (TPSA) is 57.4 Å². The molecule has 0 N–H and O–H groups in total. The van der Waals surface area contributed by atoms with Gasteiger partial charge < -0.3 is 13.9 Å². The normalized spacial score (nSPS) is 13.4. The molecule has 0 saturated carbocycles. The van der Waals surface area contributed by atoms with Crippen LogP contribution in [0.2, 0.25) is 0 Å². The van der Waals surface area contributed by atoms with Crippen LogP contribution in [-0.4, -0.2) is 9.97 Å². The van der Waals surface area contributed by atoms with Crippen molar-refractivity contribution >= 4 is 21.9 Å². The molecule has 0 amide bonds. The van der Waals surface area contributed by atoms with Crippen molar-refractivity contribution in [2.75, 3.05) is 0 Å². The molecule has 2 aliphatic rings. The largest absolute Gasteiger partial charge is 0.456 e. The van der Waals surface area contributed by atoms with Crippen LogP contribution in [0.3, 0.4) is 0 Å². The van der Waals surface area contributed by atoms with Gasteiger partial charge in [0.2, 0.25) is 0 Å². The summed E-state index contributed by atoms with van der Waals surface area (Å²) in [5, 5.41) is 2.17. The lowest BCUT2D eigenvalue weighted by molar-refractivity contribution is 0.360. The Morgan fingerprint density at radius 3 is 1.96 bits per heavy atom. The molecule has 0 spiro atoms. The van der Waals surface area contributed by atoms with Crippen molar-refractivity contribution < 1.29 is 13.9 Å². The van der Waals surface area contributed by atoms with Crippen LogP contribution in [-0.2, 0) is 5.41 Å². The lowest BCUT2D eigenvalue weighted by atomic mass is 9.82. The Morgan fingerprint density at radius 2 is 1.11 bits per heavy atom. The number of aromatic nitrogens is 2. The van der Waals surface area contributed by atoms with Gasteiger partial charge in [-0.1, -0.05) is 129 Å². The van der Waals surface area contributed by atoms with E-state index in [1.165, 1.54) is 16.7 Å². The maximum Gasteiger partial charge on any atom is 0.178 e. The zero-order valence-electron chi connectivity index (χ0n) is 29.6. The quantitative estimate of drug-likeness (QED) is 0.183. The lowest BCUT2D eigenvalue weighted by Gasteiger charge is -2.25. The number of furan rings is 1. The molecule has 54 heavy (non-hydrogen) atoms. The highest BCUT2D eigenvalue weighted by atomic mass is 16.6. The lowest BCUT2D eigenvalue weighted by Crippen LogP contribution is -2.15. The second-order valence-corrected chi connectivity index (χ2v) is 14.6. The maximum absolute atomic E-state index is 6.73. The van der Waals surface area contributed by atoms with Crippen molar-refractivity contribution in [3.05, 3.63) is 169 Å². The molecule has 0 saturated heterocycles. The van der Waals surface area contributed by atoms with Gasteiger partial charge in [-0.05, 0) is 70.3 Å². The van der Waals surface area contributed by atoms with Crippen molar-refractivity contribution in [3.8, 4) is 79.2 Å². The molecule has 0 atom stereocenters. The molecule has 1 aliphatic carbocycles. The summed E-state index contributed by atoms with van der Waals surface area (Å²) < 4.78 is 19.4. The third kappa shape index (κ3) is 4.72. The summed E-state index contributed by atoms with van der Waals surface area (Å²) in [5.74, 6) is 3.56. The van der Waals surface area contributed by atoms with Gasteiger partial charge in [-0.2, -0.15) is 0 Å². The van der Waals surface area contributed by atoms with E-state index in [0.29, 0.717) is 17.3 Å². The molecule has 1 aliphatic heterocycles. The number of benzene rings is 7. The van der Waals surface area contributed by atoms with Gasteiger partial charge in [-0.25, -0.2) is 9.97 Å². The summed E-state index contributed by atoms with van der Waals surface area (Å²) in [6.07, 6.45) is 0. The minimum atomic E-state index is -0.122. The smallest absolute Gasteiger partial charge is 0.178 e. The van der Waals surface area contributed by atoms with Crippen molar-refractivity contribution in [3.63, 3.8) is 0 Å². The van der Waals surface area contributed by atoms with Crippen molar-refractivity contribution in [2.24, 2.45) is 0 Å². The van der Waals surface area contributed by atoms with Gasteiger partial charge in [0, 0.05) is 38.4 Å². The van der Waals surface area contributed by atoms with Gasteiger partial charge in [-0.15, -0.1) is 0 Å². The van der Waals surface area contributed by atoms with Crippen LogP contribution in [0.25, 0.3) is 78.1 Å². The number of fused-ring (bicyclic) bond motifs is 9. The monoisotopic (exact) mass is 696 g/mol. The van der Waals surface area contributed by atoms with E-state index in [-0.39, 0.29) is 5.41 Å². The molecule has 256 valence electrons. The molecule has 0 fully saturated rings. The van der Waals surface area contributed by atoms with Crippen LogP contribution in [0.1, 0.15) is 25.0 Å². The Labute approximate surface area is 312 Å². The summed E-state index contributed by atoms with van der Waals surface area (Å²) in [5.41, 5.74) is 13.1. The van der Waals surface area contributed by atoms with Crippen molar-refractivity contribution in [1.82, 2.24) is 9.97 Å². The molecule has 2 aromatic heterocycles. The Kier molecular flexibility index (Phi) is 6.53. The number of para-hydroxylation sites is 1. The van der Waals surface area contributed by atoms with Gasteiger partial charge in [-0.3, -0.25) is 0 Å². The number of hydrogen-bond donors (Lipinski definition) is 0. The third-order valence-electron chi connectivity index (χ3n) is 11.0. The van der Waals surface area contributed by atoms with Gasteiger partial charge in [0.1, 0.15) is 11.2 Å². The first-order valence-corrected chi connectivity index (χ1v) is 18.2. The highest BCUT2D eigenvalue weighted by molar-refractivity contribution is 6.05. The molecule has 5 heteroatoms. The Bertz CT molecular complexity index is 2960. The predicted molar refractivity (Wildman–Crippen MR) is 215 cm³/mol. The van der Waals surface area contributed by atoms with Crippen LogP contribution >= 0.6 is 0 Å². The molecule has 0 radical (unpaired) electrons. The fourth-order valence-corrected chi connectivity index (χ4v) is 8.18. The molecule has 11 rings (SSSR count). The molecule has 0 bridgehead atoms. The molecule has 5 nitrogen and oxygen atoms in total. The van der Waals surface area contributed by atoms with Crippen LogP contribution in [0, 0.1) is 0 Å². The van der Waals surface area contributed by atoms with Crippen molar-refractivity contribution in [1.29, 1.82) is 0 Å². The zero-order chi connectivity index (χ0) is 36.0. The van der Waals surface area contributed by atoms with Gasteiger partial charge >= 0.3 is 0 Å². The van der Waals surface area contributed by atoms with Crippen LogP contribution in [0.15, 0.2) is 162 Å². The van der Waals surface area contributed by atoms with E-state index in [2.05, 4.69) is 117 Å². The fourth-order valence-electron chi connectivity index (χ4n) is 8.18. The Hall–Kier alpha value is -6.98. The van der Waals surface area contributed by atoms with Crippen LogP contribution in [0.4, 0.5) is 0 Å². The average Bonchev–Trinajstić information content (AvgIpc) is 3.71. The molecule has 7 aromatic carbocycles. The van der Waals surface area contributed by atoms with E-state index in [4.69, 9.17) is 23.9 Å². The van der Waals surface area contributed by atoms with E-state index in [9.17, 15) is 0 Å². The molecule has 3 heterocycles. The number of rotatable bonds is 4. The third-order valence-corrected chi connectivity index (χ3v) is 11.0. The standard InChI is InChI=1S/C49H32N2O3/c1-49(2)37-14-8-6-13-36(37)46-38(49)23-25-43-47(46)54-45-26-32(21-24-42(45)53-43)29-16-18-31(19-17-29)40-28-39(30-10-4-3-5-11-30)50-48(51-40)33-20-22-35-34-12-7-9-15-41(34)52-44(35)27-33/h3-28H,1-2H3. The van der Waals surface area contributed by atoms with E-state index in [1.54, 1.807) is 0 Å². The van der Waals surface area contributed by atoms with Gasteiger partial charge in [0.25, 0.3) is 0 Å². The number of nitrogens with zero attached hydrogens (tertiary/aromatic N) is 2. The number of hydrogen-bond acceptors (Lipinski definition) is 5. The minimum Gasteiger partial charge on any atom is -0.456 e. The fraction of sp³-hybridized carbons (Fsp3) is 0.0612. The minimum absolute atomic E-state index is 0.122. The first-order valence-electron chi connectivity index (χ1n) is 18.2. The van der Waals surface area contributed by atoms with E-state index in [1.807, 2.05) is 54.6 Å². The predicted octanol–water partition coefficient (Wildman–Crippen LogP) is 13.2. The molecular formula is C49H32N2O3. The van der Waals surface area contributed by atoms with Crippen molar-refractivity contribution in [2.45, 2.75) is 19.3 Å². The first-order chi connectivity index (χ1) is 26.5.